The van der Waals surface area contributed by atoms with Crippen LogP contribution in [0.15, 0.2) is 0 Å². The van der Waals surface area contributed by atoms with Crippen LogP contribution in [-0.2, 0) is 4.74 Å². The first-order valence-corrected chi connectivity index (χ1v) is 4.27. The van der Waals surface area contributed by atoms with Gasteiger partial charge in [-0.1, -0.05) is 6.92 Å². The Morgan fingerprint density at radius 2 is 2.17 bits per heavy atom. The summed E-state index contributed by atoms with van der Waals surface area (Å²) in [5.41, 5.74) is -0.947. The zero-order valence-corrected chi connectivity index (χ0v) is 7.23. The first kappa shape index (κ1) is 9.92. The smallest absolute Gasteiger partial charge is 0.119 e. The van der Waals surface area contributed by atoms with E-state index in [1.54, 1.807) is 0 Å². The highest BCUT2D eigenvalue weighted by Gasteiger charge is 2.43. The lowest BCUT2D eigenvalue weighted by Gasteiger charge is -2.41. The number of rotatable bonds is 2. The second-order valence-electron chi connectivity index (χ2n) is 3.23. The molecule has 12 heavy (non-hydrogen) atoms. The van der Waals surface area contributed by atoms with Gasteiger partial charge in [0.1, 0.15) is 11.7 Å². The third-order valence-electron chi connectivity index (χ3n) is 2.57. The van der Waals surface area contributed by atoms with Crippen LogP contribution in [0.2, 0.25) is 0 Å². The lowest BCUT2D eigenvalue weighted by molar-refractivity contribution is -0.213. The molecule has 0 unspecified atom stereocenters. The van der Waals surface area contributed by atoms with Crippen LogP contribution in [0.3, 0.4) is 0 Å². The molecule has 1 fully saturated rings. The average Bonchev–Trinajstić information content (AvgIpc) is 2.11. The molecule has 4 nitrogen and oxygen atoms in total. The summed E-state index contributed by atoms with van der Waals surface area (Å²) in [4.78, 5) is 0. The first-order chi connectivity index (χ1) is 5.66. The molecule has 1 aliphatic rings. The molecule has 0 radical (unpaired) electrons. The summed E-state index contributed by atoms with van der Waals surface area (Å²) in [6, 6.07) is 0. The Bertz CT molecular complexity index is 144. The van der Waals surface area contributed by atoms with Crippen molar-refractivity contribution in [2.24, 2.45) is 0 Å². The van der Waals surface area contributed by atoms with Crippen molar-refractivity contribution in [3.8, 4) is 0 Å². The average molecular weight is 176 g/mol. The van der Waals surface area contributed by atoms with Crippen molar-refractivity contribution in [2.45, 2.75) is 37.6 Å². The van der Waals surface area contributed by atoms with Crippen LogP contribution < -0.4 is 0 Å². The molecule has 1 heterocycles. The third kappa shape index (κ3) is 1.47. The molecule has 3 atom stereocenters. The molecule has 1 saturated heterocycles. The zero-order chi connectivity index (χ0) is 9.19. The van der Waals surface area contributed by atoms with Gasteiger partial charge in [0.15, 0.2) is 0 Å². The van der Waals surface area contributed by atoms with Gasteiger partial charge in [-0.25, -0.2) is 0 Å². The van der Waals surface area contributed by atoms with E-state index in [0.717, 1.165) is 0 Å². The highest BCUT2D eigenvalue weighted by molar-refractivity contribution is 4.94. The van der Waals surface area contributed by atoms with Crippen molar-refractivity contribution >= 4 is 0 Å². The van der Waals surface area contributed by atoms with E-state index >= 15 is 0 Å². The molecule has 3 N–H and O–H groups in total. The Hall–Kier alpha value is -0.160. The number of hydrogen-bond acceptors (Lipinski definition) is 4. The lowest BCUT2D eigenvalue weighted by Crippen LogP contribution is -2.57. The molecule has 0 aromatic heterocycles. The van der Waals surface area contributed by atoms with E-state index < -0.39 is 17.8 Å². The maximum atomic E-state index is 9.55. The Morgan fingerprint density at radius 1 is 1.50 bits per heavy atom. The number of ether oxygens (including phenoxy) is 1. The van der Waals surface area contributed by atoms with Crippen LogP contribution >= 0.6 is 0 Å². The van der Waals surface area contributed by atoms with Crippen LogP contribution in [0.25, 0.3) is 0 Å². The Kier molecular flexibility index (Phi) is 3.06. The monoisotopic (exact) mass is 176 g/mol. The molecule has 0 saturated carbocycles. The van der Waals surface area contributed by atoms with E-state index in [1.165, 1.54) is 0 Å². The van der Waals surface area contributed by atoms with Crippen molar-refractivity contribution in [2.75, 3.05) is 13.2 Å². The van der Waals surface area contributed by atoms with E-state index in [2.05, 4.69) is 0 Å². The molecule has 72 valence electrons. The van der Waals surface area contributed by atoms with Gasteiger partial charge in [0.2, 0.25) is 0 Å². The van der Waals surface area contributed by atoms with Gasteiger partial charge >= 0.3 is 0 Å². The fourth-order valence-electron chi connectivity index (χ4n) is 1.54. The van der Waals surface area contributed by atoms with Crippen molar-refractivity contribution in [1.29, 1.82) is 0 Å². The minimum atomic E-state index is -0.971. The first-order valence-electron chi connectivity index (χ1n) is 4.27. The lowest BCUT2D eigenvalue weighted by atomic mass is 9.87. The van der Waals surface area contributed by atoms with Gasteiger partial charge in [-0.2, -0.15) is 0 Å². The highest BCUT2D eigenvalue weighted by atomic mass is 16.5. The molecule has 4 heteroatoms. The van der Waals surface area contributed by atoms with Crippen molar-refractivity contribution in [3.63, 3.8) is 0 Å². The molecule has 1 aliphatic heterocycles. The van der Waals surface area contributed by atoms with Crippen molar-refractivity contribution in [1.82, 2.24) is 0 Å². The molecule has 0 aliphatic carbocycles. The van der Waals surface area contributed by atoms with Crippen LogP contribution in [0.4, 0.5) is 0 Å². The second-order valence-corrected chi connectivity index (χ2v) is 3.23. The topological polar surface area (TPSA) is 69.9 Å². The Labute approximate surface area is 71.8 Å². The number of aliphatic hydroxyl groups is 3. The van der Waals surface area contributed by atoms with Gasteiger partial charge in [0.25, 0.3) is 0 Å². The molecule has 0 amide bonds. The fourth-order valence-corrected chi connectivity index (χ4v) is 1.54. The predicted molar refractivity (Wildman–Crippen MR) is 42.7 cm³/mol. The molecular formula is C8H16O4. The second kappa shape index (κ2) is 3.70. The normalized spacial score (nSPS) is 43.0. The minimum absolute atomic E-state index is 0.248. The minimum Gasteiger partial charge on any atom is -0.393 e. The number of aliphatic hydroxyl groups excluding tert-OH is 3. The van der Waals surface area contributed by atoms with Crippen molar-refractivity contribution in [3.05, 3.63) is 0 Å². The van der Waals surface area contributed by atoms with Gasteiger partial charge < -0.3 is 20.1 Å². The van der Waals surface area contributed by atoms with E-state index in [4.69, 9.17) is 9.84 Å². The van der Waals surface area contributed by atoms with Gasteiger partial charge in [-0.3, -0.25) is 0 Å². The maximum absolute atomic E-state index is 9.55. The maximum Gasteiger partial charge on any atom is 0.119 e. The molecule has 0 aromatic rings. The van der Waals surface area contributed by atoms with E-state index in [9.17, 15) is 10.2 Å². The summed E-state index contributed by atoms with van der Waals surface area (Å²) in [5.74, 6) is 0. The van der Waals surface area contributed by atoms with Crippen LogP contribution in [0, 0.1) is 0 Å². The van der Waals surface area contributed by atoms with E-state index in [-0.39, 0.29) is 6.61 Å². The van der Waals surface area contributed by atoms with Crippen LogP contribution in [0.1, 0.15) is 19.8 Å². The van der Waals surface area contributed by atoms with E-state index in [1.807, 2.05) is 6.92 Å². The number of hydrogen-bond donors (Lipinski definition) is 3. The summed E-state index contributed by atoms with van der Waals surface area (Å²) in [6.07, 6.45) is -0.808. The summed E-state index contributed by atoms with van der Waals surface area (Å²) in [5, 5.41) is 27.9. The third-order valence-corrected chi connectivity index (χ3v) is 2.57. The molecule has 1 rings (SSSR count). The summed E-state index contributed by atoms with van der Waals surface area (Å²) in [7, 11) is 0. The van der Waals surface area contributed by atoms with Crippen LogP contribution in [0.5, 0.6) is 0 Å². The fraction of sp³-hybridized carbons (Fsp3) is 1.00. The van der Waals surface area contributed by atoms with Crippen LogP contribution in [-0.4, -0.2) is 46.3 Å². The van der Waals surface area contributed by atoms with Gasteiger partial charge in [-0.05, 0) is 12.8 Å². The highest BCUT2D eigenvalue weighted by Crippen LogP contribution is 2.28. The largest absolute Gasteiger partial charge is 0.393 e. The molecular weight excluding hydrogens is 160 g/mol. The summed E-state index contributed by atoms with van der Waals surface area (Å²) < 4.78 is 5.29. The summed E-state index contributed by atoms with van der Waals surface area (Å²) >= 11 is 0. The molecule has 0 aromatic carbocycles. The van der Waals surface area contributed by atoms with Gasteiger partial charge in [0.05, 0.1) is 19.3 Å². The Balaban J connectivity index is 2.71. The van der Waals surface area contributed by atoms with Gasteiger partial charge in [0, 0.05) is 0 Å². The van der Waals surface area contributed by atoms with Crippen molar-refractivity contribution < 1.29 is 20.1 Å². The molecule has 0 bridgehead atoms. The SMILES string of the molecule is CC[C@@]1(CO)OCC[C@@H](O)[C@H]1O. The standard InChI is InChI=1S/C8H16O4/c1-2-8(5-9)7(11)6(10)3-4-12-8/h6-7,9-11H,2-5H2,1H3/t6-,7-,8+/m1/s1. The molecule has 0 spiro atoms. The quantitative estimate of drug-likeness (QED) is 0.519. The van der Waals surface area contributed by atoms with E-state index in [0.29, 0.717) is 19.4 Å². The van der Waals surface area contributed by atoms with Gasteiger partial charge in [-0.15, -0.1) is 0 Å². The predicted octanol–water partition coefficient (Wildman–Crippen LogP) is -0.730. The zero-order valence-electron chi connectivity index (χ0n) is 7.23. The Morgan fingerprint density at radius 3 is 2.58 bits per heavy atom. The summed E-state index contributed by atoms with van der Waals surface area (Å²) in [6.45, 7) is 1.96.